The second kappa shape index (κ2) is 11.7. The van der Waals surface area contributed by atoms with E-state index in [9.17, 15) is 0 Å². The molecule has 4 rings (SSSR count). The summed E-state index contributed by atoms with van der Waals surface area (Å²) < 4.78 is 0. The van der Waals surface area contributed by atoms with Crippen molar-refractivity contribution >= 4 is 0 Å². The fourth-order valence-corrected chi connectivity index (χ4v) is 5.09. The molecule has 0 saturated carbocycles. The van der Waals surface area contributed by atoms with Crippen molar-refractivity contribution in [1.82, 2.24) is 25.8 Å². The molecule has 2 aliphatic heterocycles. The van der Waals surface area contributed by atoms with Gasteiger partial charge in [-0.3, -0.25) is 9.80 Å². The summed E-state index contributed by atoms with van der Waals surface area (Å²) in [6, 6.07) is 23.4. The summed E-state index contributed by atoms with van der Waals surface area (Å²) in [5.74, 6) is 0. The van der Waals surface area contributed by atoms with Crippen molar-refractivity contribution in [2.45, 2.75) is 31.5 Å². The Morgan fingerprint density at radius 3 is 2.19 bits per heavy atom. The molecule has 0 radical (unpaired) electrons. The van der Waals surface area contributed by atoms with Gasteiger partial charge in [0.15, 0.2) is 0 Å². The quantitative estimate of drug-likeness (QED) is 0.543. The first kappa shape index (κ1) is 22.4. The van der Waals surface area contributed by atoms with E-state index in [1.807, 2.05) is 0 Å². The van der Waals surface area contributed by atoms with E-state index < -0.39 is 0 Å². The number of hydrogen-bond acceptors (Lipinski definition) is 5. The molecule has 2 fully saturated rings. The third-order valence-corrected chi connectivity index (χ3v) is 6.81. The van der Waals surface area contributed by atoms with Crippen molar-refractivity contribution in [2.75, 3.05) is 58.9 Å². The minimum atomic E-state index is 0.472. The molecular weight excluding hydrogens is 382 g/mol. The monoisotopic (exact) mass is 421 g/mol. The zero-order chi connectivity index (χ0) is 21.3. The minimum Gasteiger partial charge on any atom is -0.315 e. The van der Waals surface area contributed by atoms with Crippen LogP contribution >= 0.6 is 0 Å². The highest BCUT2D eigenvalue weighted by molar-refractivity contribution is 5.21. The molecule has 3 N–H and O–H groups in total. The van der Waals surface area contributed by atoms with Crippen LogP contribution in [0.25, 0.3) is 0 Å². The maximum Gasteiger partial charge on any atom is 0.0476 e. The number of nitrogens with zero attached hydrogens (tertiary/aromatic N) is 2. The highest BCUT2D eigenvalue weighted by atomic mass is 15.3. The van der Waals surface area contributed by atoms with Crippen molar-refractivity contribution in [3.63, 3.8) is 0 Å². The predicted octanol–water partition coefficient (Wildman–Crippen LogP) is 2.65. The Kier molecular flexibility index (Phi) is 8.50. The molecule has 2 aromatic carbocycles. The van der Waals surface area contributed by atoms with Crippen LogP contribution in [0.3, 0.4) is 0 Å². The second-order valence-corrected chi connectivity index (χ2v) is 8.94. The Balaban J connectivity index is 1.22. The molecule has 5 heteroatoms. The van der Waals surface area contributed by atoms with E-state index in [1.54, 1.807) is 0 Å². The molecule has 0 bridgehead atoms. The van der Waals surface area contributed by atoms with Crippen LogP contribution in [0, 0.1) is 0 Å². The SMILES string of the molecule is CC(CNCCCN1CCNCC1c1ccccc1)N1CCNCC1c1ccccc1. The van der Waals surface area contributed by atoms with E-state index in [-0.39, 0.29) is 0 Å². The summed E-state index contributed by atoms with van der Waals surface area (Å²) >= 11 is 0. The van der Waals surface area contributed by atoms with Crippen LogP contribution in [0.1, 0.15) is 36.6 Å². The van der Waals surface area contributed by atoms with Crippen molar-refractivity contribution in [3.05, 3.63) is 71.8 Å². The number of nitrogens with one attached hydrogen (secondary N) is 3. The standard InChI is InChI=1S/C26H39N5/c1-22(31-18-15-29-21-26(31)24-11-6-3-7-12-24)19-27-13-8-16-30-17-14-28-20-25(30)23-9-4-2-5-10-23/h2-7,9-12,22,25-29H,8,13-21H2,1H3. The molecule has 31 heavy (non-hydrogen) atoms. The Morgan fingerprint density at radius 2 is 1.48 bits per heavy atom. The summed E-state index contributed by atoms with van der Waals surface area (Å²) in [6.45, 7) is 12.2. The average Bonchev–Trinajstić information content (AvgIpc) is 2.85. The fourth-order valence-electron chi connectivity index (χ4n) is 5.09. The van der Waals surface area contributed by atoms with Crippen LogP contribution in [-0.4, -0.2) is 74.7 Å². The van der Waals surface area contributed by atoms with E-state index in [0.717, 1.165) is 58.9 Å². The molecule has 2 saturated heterocycles. The van der Waals surface area contributed by atoms with Gasteiger partial charge < -0.3 is 16.0 Å². The van der Waals surface area contributed by atoms with Crippen molar-refractivity contribution < 1.29 is 0 Å². The smallest absolute Gasteiger partial charge is 0.0476 e. The number of rotatable bonds is 9. The fraction of sp³-hybridized carbons (Fsp3) is 0.538. The van der Waals surface area contributed by atoms with Crippen LogP contribution in [0.15, 0.2) is 60.7 Å². The molecule has 0 spiro atoms. The van der Waals surface area contributed by atoms with Crippen LogP contribution in [0.2, 0.25) is 0 Å². The van der Waals surface area contributed by atoms with Gasteiger partial charge in [0.2, 0.25) is 0 Å². The molecule has 5 nitrogen and oxygen atoms in total. The van der Waals surface area contributed by atoms with Gasteiger partial charge in [-0.15, -0.1) is 0 Å². The largest absolute Gasteiger partial charge is 0.315 e. The number of piperazine rings is 2. The first-order valence-electron chi connectivity index (χ1n) is 12.0. The topological polar surface area (TPSA) is 42.6 Å². The van der Waals surface area contributed by atoms with Gasteiger partial charge in [0.05, 0.1) is 0 Å². The molecule has 0 amide bonds. The van der Waals surface area contributed by atoms with Crippen molar-refractivity contribution in [3.8, 4) is 0 Å². The van der Waals surface area contributed by atoms with Crippen LogP contribution in [0.4, 0.5) is 0 Å². The van der Waals surface area contributed by atoms with Gasteiger partial charge in [-0.25, -0.2) is 0 Å². The maximum absolute atomic E-state index is 3.74. The Labute approximate surface area is 188 Å². The summed E-state index contributed by atoms with van der Waals surface area (Å²) in [7, 11) is 0. The van der Waals surface area contributed by atoms with Gasteiger partial charge in [-0.05, 0) is 31.0 Å². The predicted molar refractivity (Wildman–Crippen MR) is 129 cm³/mol. The van der Waals surface area contributed by atoms with Crippen molar-refractivity contribution in [2.24, 2.45) is 0 Å². The lowest BCUT2D eigenvalue weighted by Crippen LogP contribution is -2.52. The lowest BCUT2D eigenvalue weighted by Gasteiger charge is -2.40. The second-order valence-electron chi connectivity index (χ2n) is 8.94. The zero-order valence-corrected chi connectivity index (χ0v) is 19.0. The normalized spacial score (nSPS) is 24.2. The first-order valence-corrected chi connectivity index (χ1v) is 12.0. The Morgan fingerprint density at radius 1 is 0.871 bits per heavy atom. The lowest BCUT2D eigenvalue weighted by atomic mass is 10.0. The summed E-state index contributed by atoms with van der Waals surface area (Å²) in [5, 5.41) is 10.9. The van der Waals surface area contributed by atoms with Gasteiger partial charge >= 0.3 is 0 Å². The maximum atomic E-state index is 3.74. The summed E-state index contributed by atoms with van der Waals surface area (Å²) in [5.41, 5.74) is 2.86. The average molecular weight is 422 g/mol. The van der Waals surface area contributed by atoms with E-state index in [2.05, 4.69) is 93.3 Å². The molecule has 2 aliphatic rings. The van der Waals surface area contributed by atoms with Crippen LogP contribution in [-0.2, 0) is 0 Å². The van der Waals surface area contributed by atoms with Gasteiger partial charge in [0, 0.05) is 70.5 Å². The van der Waals surface area contributed by atoms with Crippen molar-refractivity contribution in [1.29, 1.82) is 0 Å². The third kappa shape index (κ3) is 6.15. The highest BCUT2D eigenvalue weighted by Crippen LogP contribution is 2.24. The van der Waals surface area contributed by atoms with Crippen LogP contribution in [0.5, 0.6) is 0 Å². The van der Waals surface area contributed by atoms with E-state index in [0.29, 0.717) is 18.1 Å². The minimum absolute atomic E-state index is 0.472. The highest BCUT2D eigenvalue weighted by Gasteiger charge is 2.27. The van der Waals surface area contributed by atoms with Gasteiger partial charge in [-0.2, -0.15) is 0 Å². The van der Waals surface area contributed by atoms with Crippen LogP contribution < -0.4 is 16.0 Å². The molecule has 3 atom stereocenters. The molecule has 0 aliphatic carbocycles. The van der Waals surface area contributed by atoms with E-state index >= 15 is 0 Å². The van der Waals surface area contributed by atoms with Gasteiger partial charge in [-0.1, -0.05) is 60.7 Å². The third-order valence-electron chi connectivity index (χ3n) is 6.81. The summed E-state index contributed by atoms with van der Waals surface area (Å²) in [4.78, 5) is 5.32. The molecule has 2 aromatic rings. The molecule has 3 unspecified atom stereocenters. The molecule has 0 aromatic heterocycles. The van der Waals surface area contributed by atoms with E-state index in [4.69, 9.17) is 0 Å². The lowest BCUT2D eigenvalue weighted by molar-refractivity contribution is 0.113. The van der Waals surface area contributed by atoms with Gasteiger partial charge in [0.25, 0.3) is 0 Å². The Bertz CT molecular complexity index is 753. The number of benzene rings is 2. The number of hydrogen-bond donors (Lipinski definition) is 3. The Hall–Kier alpha value is -1.76. The molecule has 168 valence electrons. The van der Waals surface area contributed by atoms with E-state index in [1.165, 1.54) is 17.5 Å². The zero-order valence-electron chi connectivity index (χ0n) is 19.0. The first-order chi connectivity index (χ1) is 15.3. The van der Waals surface area contributed by atoms with Gasteiger partial charge in [0.1, 0.15) is 0 Å². The summed E-state index contributed by atoms with van der Waals surface area (Å²) in [6.07, 6.45) is 1.19. The molecular formula is C26H39N5. The molecule has 2 heterocycles.